The Bertz CT molecular complexity index is 942. The molecular formula is C21H21F3N2O5. The molecule has 1 amide bonds. The van der Waals surface area contributed by atoms with Gasteiger partial charge in [0.1, 0.15) is 0 Å². The molecule has 2 rings (SSSR count). The summed E-state index contributed by atoms with van der Waals surface area (Å²) in [7, 11) is 0. The third-order valence-corrected chi connectivity index (χ3v) is 3.58. The molecule has 2 aromatic rings. The standard InChI is InChI=1S/C19H20N2O3.C2HF3O2/c20-13-16(11-15-8-9-17(22)18(23)12-15)19(24)21-10-4-7-14-5-2-1-3-6-14;3-2(4,5)1(6)7/h1-9,11-12,22-23H,10,13,20H2,(H,21,24);(H,6,7)/b7-4+,16-11+;. The van der Waals surface area contributed by atoms with Crippen molar-refractivity contribution in [3.63, 3.8) is 0 Å². The van der Waals surface area contributed by atoms with Gasteiger partial charge in [-0.15, -0.1) is 0 Å². The van der Waals surface area contributed by atoms with Gasteiger partial charge in [-0.2, -0.15) is 13.2 Å². The molecule has 6 N–H and O–H groups in total. The highest BCUT2D eigenvalue weighted by atomic mass is 19.4. The van der Waals surface area contributed by atoms with Crippen molar-refractivity contribution in [2.24, 2.45) is 5.73 Å². The molecule has 0 aromatic heterocycles. The number of aromatic hydroxyl groups is 2. The largest absolute Gasteiger partial charge is 0.504 e. The first-order valence-corrected chi connectivity index (χ1v) is 8.77. The van der Waals surface area contributed by atoms with Crippen molar-refractivity contribution < 1.29 is 38.1 Å². The second kappa shape index (κ2) is 12.0. The summed E-state index contributed by atoms with van der Waals surface area (Å²) in [6.45, 7) is 0.446. The highest BCUT2D eigenvalue weighted by molar-refractivity contribution is 5.98. The number of aliphatic carboxylic acids is 1. The molecule has 0 radical (unpaired) electrons. The van der Waals surface area contributed by atoms with Crippen LogP contribution in [0.3, 0.4) is 0 Å². The minimum absolute atomic E-state index is 0.0653. The quantitative estimate of drug-likeness (QED) is 0.348. The Kier molecular flexibility index (Phi) is 9.80. The van der Waals surface area contributed by atoms with Crippen LogP contribution in [0.2, 0.25) is 0 Å². The number of hydrogen-bond acceptors (Lipinski definition) is 5. The van der Waals surface area contributed by atoms with Crippen molar-refractivity contribution in [2.75, 3.05) is 13.1 Å². The zero-order valence-electron chi connectivity index (χ0n) is 16.1. The molecule has 10 heteroatoms. The van der Waals surface area contributed by atoms with E-state index in [1.54, 1.807) is 12.1 Å². The molecule has 7 nitrogen and oxygen atoms in total. The third-order valence-electron chi connectivity index (χ3n) is 3.58. The Labute approximate surface area is 175 Å². The smallest absolute Gasteiger partial charge is 0.490 e. The average molecular weight is 438 g/mol. The van der Waals surface area contributed by atoms with Crippen LogP contribution >= 0.6 is 0 Å². The number of carbonyl (C=O) groups excluding carboxylic acids is 1. The number of halogens is 3. The number of phenolic OH excluding ortho intramolecular Hbond substituents is 2. The zero-order chi connectivity index (χ0) is 23.4. The first-order valence-electron chi connectivity index (χ1n) is 8.77. The molecule has 2 aromatic carbocycles. The van der Waals surface area contributed by atoms with Crippen LogP contribution < -0.4 is 11.1 Å². The number of carbonyl (C=O) groups is 2. The van der Waals surface area contributed by atoms with Gasteiger partial charge in [-0.1, -0.05) is 48.6 Å². The summed E-state index contributed by atoms with van der Waals surface area (Å²) in [6, 6.07) is 14.1. The van der Waals surface area contributed by atoms with Gasteiger partial charge < -0.3 is 26.4 Å². The minimum atomic E-state index is -5.08. The number of nitrogens with two attached hydrogens (primary N) is 1. The molecule has 0 aliphatic heterocycles. The Morgan fingerprint density at radius 3 is 2.13 bits per heavy atom. The molecule has 0 atom stereocenters. The number of rotatable bonds is 6. The van der Waals surface area contributed by atoms with E-state index in [0.29, 0.717) is 17.7 Å². The number of carboxylic acid groups (broad SMARTS) is 1. The predicted octanol–water partition coefficient (Wildman–Crippen LogP) is 2.90. The molecule has 0 spiro atoms. The maximum Gasteiger partial charge on any atom is 0.490 e. The Balaban J connectivity index is 0.000000592. The van der Waals surface area contributed by atoms with Crippen molar-refractivity contribution in [1.82, 2.24) is 5.32 Å². The van der Waals surface area contributed by atoms with E-state index in [4.69, 9.17) is 15.6 Å². The normalized spacial score (nSPS) is 11.5. The van der Waals surface area contributed by atoms with Crippen LogP contribution in [0.5, 0.6) is 11.5 Å². The second-order valence-electron chi connectivity index (χ2n) is 5.95. The molecule has 0 fully saturated rings. The molecule has 166 valence electrons. The van der Waals surface area contributed by atoms with Crippen LogP contribution in [0.1, 0.15) is 11.1 Å². The summed E-state index contributed by atoms with van der Waals surface area (Å²) in [6.07, 6.45) is 0.271. The van der Waals surface area contributed by atoms with Gasteiger partial charge in [-0.3, -0.25) is 4.79 Å². The van der Waals surface area contributed by atoms with Crippen molar-refractivity contribution in [2.45, 2.75) is 6.18 Å². The Morgan fingerprint density at radius 1 is 1.00 bits per heavy atom. The first kappa shape index (κ1) is 25.2. The molecule has 0 bridgehead atoms. The molecule has 31 heavy (non-hydrogen) atoms. The van der Waals surface area contributed by atoms with Gasteiger partial charge in [-0.05, 0) is 29.3 Å². The van der Waals surface area contributed by atoms with Gasteiger partial charge >= 0.3 is 12.1 Å². The molecule has 0 saturated carbocycles. The van der Waals surface area contributed by atoms with Crippen LogP contribution in [0, 0.1) is 0 Å². The van der Waals surface area contributed by atoms with Crippen molar-refractivity contribution in [1.29, 1.82) is 0 Å². The van der Waals surface area contributed by atoms with Crippen molar-refractivity contribution >= 4 is 24.0 Å². The topological polar surface area (TPSA) is 133 Å². The molecular weight excluding hydrogens is 417 g/mol. The average Bonchev–Trinajstić information content (AvgIpc) is 2.72. The zero-order valence-corrected chi connectivity index (χ0v) is 16.1. The maximum absolute atomic E-state index is 12.1. The summed E-state index contributed by atoms with van der Waals surface area (Å²) in [4.78, 5) is 21.0. The van der Waals surface area contributed by atoms with Gasteiger partial charge in [0.05, 0.1) is 0 Å². The van der Waals surface area contributed by atoms with Crippen LogP contribution in [0.4, 0.5) is 13.2 Å². The van der Waals surface area contributed by atoms with E-state index in [-0.39, 0.29) is 24.0 Å². The lowest BCUT2D eigenvalue weighted by Gasteiger charge is -2.06. The van der Waals surface area contributed by atoms with Gasteiger partial charge in [0.15, 0.2) is 11.5 Å². The molecule has 0 aliphatic rings. The Hall–Kier alpha value is -3.79. The lowest BCUT2D eigenvalue weighted by molar-refractivity contribution is -0.192. The van der Waals surface area contributed by atoms with Crippen LogP contribution in [0.15, 0.2) is 60.2 Å². The number of carboxylic acids is 1. The van der Waals surface area contributed by atoms with Gasteiger partial charge in [0, 0.05) is 18.7 Å². The number of benzene rings is 2. The fourth-order valence-electron chi connectivity index (χ4n) is 2.07. The van der Waals surface area contributed by atoms with E-state index >= 15 is 0 Å². The van der Waals surface area contributed by atoms with E-state index in [2.05, 4.69) is 5.32 Å². The highest BCUT2D eigenvalue weighted by Crippen LogP contribution is 2.25. The van der Waals surface area contributed by atoms with Gasteiger partial charge in [-0.25, -0.2) is 4.79 Å². The van der Waals surface area contributed by atoms with Crippen LogP contribution in [-0.4, -0.2) is 46.5 Å². The SMILES string of the molecule is NC/C(=C\c1ccc(O)c(O)c1)C(=O)NC/C=C/c1ccccc1.O=C(O)C(F)(F)F. The number of alkyl halides is 3. The predicted molar refractivity (Wildman–Crippen MR) is 109 cm³/mol. The number of hydrogen-bond donors (Lipinski definition) is 5. The second-order valence-corrected chi connectivity index (χ2v) is 5.95. The van der Waals surface area contributed by atoms with Crippen molar-refractivity contribution in [3.8, 4) is 11.5 Å². The van der Waals surface area contributed by atoms with E-state index in [1.807, 2.05) is 42.5 Å². The number of phenols is 2. The van der Waals surface area contributed by atoms with E-state index < -0.39 is 12.1 Å². The maximum atomic E-state index is 12.1. The lowest BCUT2D eigenvalue weighted by Crippen LogP contribution is -2.28. The summed E-state index contributed by atoms with van der Waals surface area (Å²) in [5.41, 5.74) is 7.65. The van der Waals surface area contributed by atoms with Gasteiger partial charge in [0.2, 0.25) is 5.91 Å². The molecule has 0 saturated heterocycles. The molecule has 0 aliphatic carbocycles. The van der Waals surface area contributed by atoms with Crippen LogP contribution in [0.25, 0.3) is 12.2 Å². The highest BCUT2D eigenvalue weighted by Gasteiger charge is 2.38. The molecule has 0 heterocycles. The summed E-state index contributed by atoms with van der Waals surface area (Å²) < 4.78 is 31.7. The summed E-state index contributed by atoms with van der Waals surface area (Å²) in [5, 5.41) is 28.7. The van der Waals surface area contributed by atoms with E-state index in [1.165, 1.54) is 12.1 Å². The number of nitrogens with one attached hydrogen (secondary N) is 1. The minimum Gasteiger partial charge on any atom is -0.504 e. The Morgan fingerprint density at radius 2 is 1.61 bits per heavy atom. The summed E-state index contributed by atoms with van der Waals surface area (Å²) in [5.74, 6) is -3.49. The van der Waals surface area contributed by atoms with Gasteiger partial charge in [0.25, 0.3) is 0 Å². The number of amides is 1. The lowest BCUT2D eigenvalue weighted by atomic mass is 10.1. The third kappa shape index (κ3) is 9.50. The van der Waals surface area contributed by atoms with Crippen LogP contribution in [-0.2, 0) is 9.59 Å². The molecule has 0 unspecified atom stereocenters. The first-order chi connectivity index (χ1) is 14.5. The van der Waals surface area contributed by atoms with E-state index in [9.17, 15) is 28.2 Å². The fourth-order valence-corrected chi connectivity index (χ4v) is 2.07. The summed E-state index contributed by atoms with van der Waals surface area (Å²) >= 11 is 0. The van der Waals surface area contributed by atoms with Crippen molar-refractivity contribution in [3.05, 3.63) is 71.3 Å². The van der Waals surface area contributed by atoms with E-state index in [0.717, 1.165) is 5.56 Å². The monoisotopic (exact) mass is 438 g/mol. The fraction of sp³-hybridized carbons (Fsp3) is 0.143.